The average Bonchev–Trinajstić information content (AvgIpc) is 2.82. The van der Waals surface area contributed by atoms with Crippen LogP contribution < -0.4 is 19.1 Å². The number of sulfonamides is 2. The number of rotatable bonds is 8. The average molecular weight is 527 g/mol. The van der Waals surface area contributed by atoms with Gasteiger partial charge in [0.25, 0.3) is 5.91 Å². The van der Waals surface area contributed by atoms with Crippen LogP contribution in [-0.2, 0) is 20.0 Å². The number of carbonyl (C=O) groups excluding carboxylic acids is 1. The number of amides is 1. The van der Waals surface area contributed by atoms with Crippen LogP contribution in [0.2, 0.25) is 0 Å². The number of anilines is 2. The summed E-state index contributed by atoms with van der Waals surface area (Å²) in [5, 5.41) is 2.69. The fourth-order valence-corrected chi connectivity index (χ4v) is 5.51. The van der Waals surface area contributed by atoms with Crippen molar-refractivity contribution in [2.24, 2.45) is 0 Å². The lowest BCUT2D eigenvalue weighted by molar-refractivity contribution is 0.102. The molecule has 1 heterocycles. The Kier molecular flexibility index (Phi) is 7.94. The van der Waals surface area contributed by atoms with E-state index >= 15 is 0 Å². The van der Waals surface area contributed by atoms with Gasteiger partial charge in [-0.1, -0.05) is 0 Å². The molecule has 0 bridgehead atoms. The molecule has 0 atom stereocenters. The quantitative estimate of drug-likeness (QED) is 0.546. The summed E-state index contributed by atoms with van der Waals surface area (Å²) in [4.78, 5) is 15.3. The van der Waals surface area contributed by atoms with Crippen LogP contribution in [0.15, 0.2) is 41.3 Å². The van der Waals surface area contributed by atoms with Crippen molar-refractivity contribution in [2.75, 3.05) is 70.4 Å². The lowest BCUT2D eigenvalue weighted by atomic mass is 10.1. The highest BCUT2D eigenvalue weighted by atomic mass is 32.2. The Labute approximate surface area is 206 Å². The zero-order valence-electron chi connectivity index (χ0n) is 20.3. The molecular formula is C22H30N4O7S2. The van der Waals surface area contributed by atoms with Crippen molar-refractivity contribution in [3.8, 4) is 11.5 Å². The van der Waals surface area contributed by atoms with Crippen LogP contribution in [0.25, 0.3) is 0 Å². The minimum absolute atomic E-state index is 0.0321. The Morgan fingerprint density at radius 2 is 1.49 bits per heavy atom. The molecule has 1 fully saturated rings. The second-order valence-electron chi connectivity index (χ2n) is 8.14. The zero-order valence-corrected chi connectivity index (χ0v) is 21.9. The highest BCUT2D eigenvalue weighted by Crippen LogP contribution is 2.36. The lowest BCUT2D eigenvalue weighted by Gasteiger charge is -2.31. The maximum absolute atomic E-state index is 13.1. The molecule has 192 valence electrons. The van der Waals surface area contributed by atoms with Crippen LogP contribution in [0.1, 0.15) is 10.4 Å². The molecule has 1 amide bonds. The molecule has 0 unspecified atom stereocenters. The number of hydrogen-bond acceptors (Lipinski definition) is 8. The van der Waals surface area contributed by atoms with Gasteiger partial charge in [0.1, 0.15) is 0 Å². The Bertz CT molecular complexity index is 1290. The standard InChI is InChI=1S/C22H30N4O7S2/c1-24-10-12-26(13-11-24)35(30,31)17-8-6-16(7-9-17)23-22(27)18-14-20(32-3)21(33-4)15-19(18)25(2)34(5,28)29/h6-9,14-15H,10-13H2,1-5H3,(H,23,27). The van der Waals surface area contributed by atoms with Gasteiger partial charge in [-0.05, 0) is 37.4 Å². The van der Waals surface area contributed by atoms with Crippen LogP contribution in [0, 0.1) is 0 Å². The number of nitrogens with zero attached hydrogens (tertiary/aromatic N) is 3. The molecule has 2 aromatic rings. The molecule has 3 rings (SSSR count). The maximum Gasteiger partial charge on any atom is 0.257 e. The first-order valence-corrected chi connectivity index (χ1v) is 14.0. The molecule has 0 spiro atoms. The minimum Gasteiger partial charge on any atom is -0.493 e. The van der Waals surface area contributed by atoms with Crippen LogP contribution in [0.5, 0.6) is 11.5 Å². The molecule has 0 radical (unpaired) electrons. The molecule has 13 heteroatoms. The summed E-state index contributed by atoms with van der Waals surface area (Å²) in [5.41, 5.74) is 0.469. The van der Waals surface area contributed by atoms with Crippen LogP contribution in [-0.4, -0.2) is 92.7 Å². The van der Waals surface area contributed by atoms with Crippen molar-refractivity contribution in [1.82, 2.24) is 9.21 Å². The molecule has 35 heavy (non-hydrogen) atoms. The third-order valence-corrected chi connectivity index (χ3v) is 8.90. The van der Waals surface area contributed by atoms with Gasteiger partial charge in [0.05, 0.1) is 36.6 Å². The van der Waals surface area contributed by atoms with E-state index in [9.17, 15) is 21.6 Å². The highest BCUT2D eigenvalue weighted by Gasteiger charge is 2.28. The van der Waals surface area contributed by atoms with Crippen LogP contribution in [0.4, 0.5) is 11.4 Å². The molecule has 2 aromatic carbocycles. The van der Waals surface area contributed by atoms with Crippen molar-refractivity contribution in [3.05, 3.63) is 42.0 Å². The number of likely N-dealkylation sites (N-methyl/N-ethyl adjacent to an activating group) is 1. The fraction of sp³-hybridized carbons (Fsp3) is 0.409. The predicted molar refractivity (Wildman–Crippen MR) is 133 cm³/mol. The number of benzene rings is 2. The van der Waals surface area contributed by atoms with Gasteiger partial charge in [0.15, 0.2) is 11.5 Å². The summed E-state index contributed by atoms with van der Waals surface area (Å²) in [6, 6.07) is 8.63. The molecular weight excluding hydrogens is 496 g/mol. The smallest absolute Gasteiger partial charge is 0.257 e. The van der Waals surface area contributed by atoms with E-state index in [1.165, 1.54) is 62.0 Å². The van der Waals surface area contributed by atoms with Crippen molar-refractivity contribution < 1.29 is 31.1 Å². The van der Waals surface area contributed by atoms with Crippen molar-refractivity contribution in [3.63, 3.8) is 0 Å². The van der Waals surface area contributed by atoms with E-state index in [0.717, 1.165) is 10.6 Å². The molecule has 1 aliphatic heterocycles. The summed E-state index contributed by atoms with van der Waals surface area (Å²) in [7, 11) is -1.25. The van der Waals surface area contributed by atoms with E-state index in [4.69, 9.17) is 9.47 Å². The number of hydrogen-bond donors (Lipinski definition) is 1. The number of methoxy groups -OCH3 is 2. The van der Waals surface area contributed by atoms with E-state index in [0.29, 0.717) is 31.9 Å². The van der Waals surface area contributed by atoms with Crippen molar-refractivity contribution in [1.29, 1.82) is 0 Å². The number of piperazine rings is 1. The van der Waals surface area contributed by atoms with Crippen LogP contribution >= 0.6 is 0 Å². The van der Waals surface area contributed by atoms with Crippen molar-refractivity contribution >= 4 is 37.3 Å². The van der Waals surface area contributed by atoms with Crippen molar-refractivity contribution in [2.45, 2.75) is 4.90 Å². The summed E-state index contributed by atoms with van der Waals surface area (Å²) in [6.45, 7) is 2.13. The largest absolute Gasteiger partial charge is 0.493 e. The molecule has 1 saturated heterocycles. The summed E-state index contributed by atoms with van der Waals surface area (Å²) in [5.74, 6) is -0.101. The number of nitrogens with one attached hydrogen (secondary N) is 1. The van der Waals surface area contributed by atoms with Crippen LogP contribution in [0.3, 0.4) is 0 Å². The summed E-state index contributed by atoms with van der Waals surface area (Å²) < 4.78 is 63.1. The normalized spacial score (nSPS) is 15.5. The van der Waals surface area contributed by atoms with E-state index in [-0.39, 0.29) is 27.6 Å². The molecule has 0 aliphatic carbocycles. The minimum atomic E-state index is -3.68. The molecule has 11 nitrogen and oxygen atoms in total. The zero-order chi connectivity index (χ0) is 26.0. The molecule has 0 saturated carbocycles. The summed E-state index contributed by atoms with van der Waals surface area (Å²) >= 11 is 0. The molecule has 0 aromatic heterocycles. The van der Waals surface area contributed by atoms with E-state index < -0.39 is 26.0 Å². The fourth-order valence-electron chi connectivity index (χ4n) is 3.58. The summed E-state index contributed by atoms with van der Waals surface area (Å²) in [6.07, 6.45) is 1.02. The second-order valence-corrected chi connectivity index (χ2v) is 12.1. The Balaban J connectivity index is 1.88. The Morgan fingerprint density at radius 3 is 2.00 bits per heavy atom. The monoisotopic (exact) mass is 526 g/mol. The number of ether oxygens (including phenoxy) is 2. The van der Waals surface area contributed by atoms with Gasteiger partial charge < -0.3 is 19.7 Å². The number of carbonyl (C=O) groups is 1. The second kappa shape index (κ2) is 10.4. The Morgan fingerprint density at radius 1 is 0.943 bits per heavy atom. The van der Waals surface area contributed by atoms with Gasteiger partial charge in [-0.25, -0.2) is 16.8 Å². The van der Waals surface area contributed by atoms with Gasteiger partial charge in [-0.3, -0.25) is 9.10 Å². The van der Waals surface area contributed by atoms with E-state index in [1.54, 1.807) is 0 Å². The first-order chi connectivity index (χ1) is 16.4. The van der Waals surface area contributed by atoms with Gasteiger partial charge in [0, 0.05) is 45.0 Å². The van der Waals surface area contributed by atoms with E-state index in [1.807, 2.05) is 7.05 Å². The maximum atomic E-state index is 13.1. The van der Waals surface area contributed by atoms with Gasteiger partial charge in [-0.15, -0.1) is 0 Å². The lowest BCUT2D eigenvalue weighted by Crippen LogP contribution is -2.46. The molecule has 1 aliphatic rings. The third-order valence-electron chi connectivity index (χ3n) is 5.80. The first kappa shape index (κ1) is 26.7. The SMILES string of the molecule is COc1cc(C(=O)Nc2ccc(S(=O)(=O)N3CCN(C)CC3)cc2)c(N(C)S(C)(=O)=O)cc1OC. The third kappa shape index (κ3) is 5.86. The highest BCUT2D eigenvalue weighted by molar-refractivity contribution is 7.92. The van der Waals surface area contributed by atoms with Gasteiger partial charge in [-0.2, -0.15) is 4.31 Å². The topological polar surface area (TPSA) is 126 Å². The Hall–Kier alpha value is -2.87. The van der Waals surface area contributed by atoms with Gasteiger partial charge in [0.2, 0.25) is 20.0 Å². The first-order valence-electron chi connectivity index (χ1n) is 10.7. The molecule has 1 N–H and O–H groups in total. The van der Waals surface area contributed by atoms with E-state index in [2.05, 4.69) is 10.2 Å². The van der Waals surface area contributed by atoms with Gasteiger partial charge >= 0.3 is 0 Å². The predicted octanol–water partition coefficient (Wildman–Crippen LogP) is 1.29.